The Morgan fingerprint density at radius 1 is 1.00 bits per heavy atom. The first kappa shape index (κ1) is 21.7. The summed E-state index contributed by atoms with van der Waals surface area (Å²) in [7, 11) is 0. The molecule has 2 N–H and O–H groups in total. The van der Waals surface area contributed by atoms with Crippen molar-refractivity contribution in [3.63, 3.8) is 0 Å². The normalized spacial score (nSPS) is 12.1. The second kappa shape index (κ2) is 9.41. The Labute approximate surface area is 196 Å². The zero-order valence-electron chi connectivity index (χ0n) is 18.7. The van der Waals surface area contributed by atoms with Gasteiger partial charge in [0, 0.05) is 18.0 Å². The van der Waals surface area contributed by atoms with E-state index in [-0.39, 0.29) is 18.5 Å². The number of nitrogens with one attached hydrogen (secondary N) is 1. The SMILES string of the molecule is CCC(Nc1nccc(-c2c(-c3ccc(F)cc3)nc3cc(CO)ccn23)n1)c1ccccc1. The highest BCUT2D eigenvalue weighted by atomic mass is 19.1. The van der Waals surface area contributed by atoms with E-state index in [0.717, 1.165) is 28.8 Å². The number of anilines is 1. The van der Waals surface area contributed by atoms with E-state index in [0.29, 0.717) is 23.0 Å². The molecule has 170 valence electrons. The van der Waals surface area contributed by atoms with E-state index in [1.165, 1.54) is 12.1 Å². The summed E-state index contributed by atoms with van der Waals surface area (Å²) in [6.45, 7) is 2.04. The highest BCUT2D eigenvalue weighted by Crippen LogP contribution is 2.33. The molecule has 5 aromatic rings. The van der Waals surface area contributed by atoms with Gasteiger partial charge in [-0.15, -0.1) is 0 Å². The van der Waals surface area contributed by atoms with Crippen molar-refractivity contribution >= 4 is 11.6 Å². The topological polar surface area (TPSA) is 75.3 Å². The first-order valence-corrected chi connectivity index (χ1v) is 11.2. The maximum Gasteiger partial charge on any atom is 0.223 e. The van der Waals surface area contributed by atoms with Gasteiger partial charge in [-0.25, -0.2) is 19.3 Å². The maximum atomic E-state index is 13.6. The second-order valence-corrected chi connectivity index (χ2v) is 8.02. The number of hydrogen-bond acceptors (Lipinski definition) is 5. The van der Waals surface area contributed by atoms with Crippen LogP contribution in [0.15, 0.2) is 85.2 Å². The molecule has 1 unspecified atom stereocenters. The fourth-order valence-electron chi connectivity index (χ4n) is 4.06. The van der Waals surface area contributed by atoms with Gasteiger partial charge < -0.3 is 10.4 Å². The molecule has 0 spiro atoms. The fourth-order valence-corrected chi connectivity index (χ4v) is 4.06. The third kappa shape index (κ3) is 4.25. The van der Waals surface area contributed by atoms with Crippen LogP contribution < -0.4 is 5.32 Å². The van der Waals surface area contributed by atoms with E-state index >= 15 is 0 Å². The number of benzene rings is 2. The monoisotopic (exact) mass is 453 g/mol. The predicted molar refractivity (Wildman–Crippen MR) is 131 cm³/mol. The summed E-state index contributed by atoms with van der Waals surface area (Å²) in [5.41, 5.74) is 5.49. The quantitative estimate of drug-likeness (QED) is 0.333. The van der Waals surface area contributed by atoms with Crippen molar-refractivity contribution < 1.29 is 9.50 Å². The van der Waals surface area contributed by atoms with E-state index in [4.69, 9.17) is 9.97 Å². The van der Waals surface area contributed by atoms with Crippen LogP contribution in [-0.2, 0) is 6.61 Å². The highest BCUT2D eigenvalue weighted by Gasteiger charge is 2.19. The van der Waals surface area contributed by atoms with Crippen molar-refractivity contribution in [3.05, 3.63) is 102 Å². The van der Waals surface area contributed by atoms with E-state index in [1.807, 2.05) is 47.0 Å². The van der Waals surface area contributed by atoms with Gasteiger partial charge in [0.2, 0.25) is 5.95 Å². The molecule has 1 atom stereocenters. The van der Waals surface area contributed by atoms with Gasteiger partial charge in [-0.3, -0.25) is 4.40 Å². The summed E-state index contributed by atoms with van der Waals surface area (Å²) >= 11 is 0. The average molecular weight is 454 g/mol. The second-order valence-electron chi connectivity index (χ2n) is 8.02. The Balaban J connectivity index is 1.61. The molecule has 0 saturated carbocycles. The van der Waals surface area contributed by atoms with Gasteiger partial charge in [0.05, 0.1) is 29.7 Å². The molecule has 3 aromatic heterocycles. The third-order valence-electron chi connectivity index (χ3n) is 5.80. The van der Waals surface area contributed by atoms with Gasteiger partial charge in [-0.05, 0) is 60.0 Å². The molecule has 0 fully saturated rings. The minimum atomic E-state index is -0.309. The lowest BCUT2D eigenvalue weighted by atomic mass is 10.1. The lowest BCUT2D eigenvalue weighted by molar-refractivity contribution is 0.282. The summed E-state index contributed by atoms with van der Waals surface area (Å²) in [5, 5.41) is 13.0. The van der Waals surface area contributed by atoms with Crippen LogP contribution >= 0.6 is 0 Å². The maximum absolute atomic E-state index is 13.6. The van der Waals surface area contributed by atoms with Gasteiger partial charge in [0.15, 0.2) is 0 Å². The van der Waals surface area contributed by atoms with Crippen molar-refractivity contribution in [2.45, 2.75) is 26.0 Å². The molecule has 0 saturated heterocycles. The van der Waals surface area contributed by atoms with Crippen LogP contribution in [0.2, 0.25) is 0 Å². The molecule has 0 aliphatic heterocycles. The minimum Gasteiger partial charge on any atom is -0.392 e. The van der Waals surface area contributed by atoms with Crippen molar-refractivity contribution in [2.24, 2.45) is 0 Å². The molecule has 0 bridgehead atoms. The molecule has 5 rings (SSSR count). The first-order valence-electron chi connectivity index (χ1n) is 11.2. The number of aromatic nitrogens is 4. The minimum absolute atomic E-state index is 0.0716. The van der Waals surface area contributed by atoms with E-state index in [1.54, 1.807) is 18.3 Å². The molecule has 0 amide bonds. The van der Waals surface area contributed by atoms with Crippen LogP contribution in [0.25, 0.3) is 28.3 Å². The molecule has 0 aliphatic carbocycles. The predicted octanol–water partition coefficient (Wildman–Crippen LogP) is 5.65. The number of hydrogen-bond donors (Lipinski definition) is 2. The van der Waals surface area contributed by atoms with Gasteiger partial charge in [0.1, 0.15) is 11.5 Å². The zero-order chi connectivity index (χ0) is 23.5. The molecule has 6 nitrogen and oxygen atoms in total. The Kier molecular flexibility index (Phi) is 6.01. The number of aliphatic hydroxyl groups is 1. The number of fused-ring (bicyclic) bond motifs is 1. The molecule has 0 radical (unpaired) electrons. The van der Waals surface area contributed by atoms with Crippen molar-refractivity contribution in [3.8, 4) is 22.6 Å². The summed E-state index contributed by atoms with van der Waals surface area (Å²) in [4.78, 5) is 14.1. The summed E-state index contributed by atoms with van der Waals surface area (Å²) < 4.78 is 15.5. The third-order valence-corrected chi connectivity index (χ3v) is 5.80. The zero-order valence-corrected chi connectivity index (χ0v) is 18.7. The lowest BCUT2D eigenvalue weighted by Crippen LogP contribution is -2.12. The van der Waals surface area contributed by atoms with E-state index < -0.39 is 0 Å². The number of nitrogens with zero attached hydrogens (tertiary/aromatic N) is 4. The van der Waals surface area contributed by atoms with Crippen LogP contribution in [0.1, 0.15) is 30.5 Å². The average Bonchev–Trinajstić information content (AvgIpc) is 3.27. The van der Waals surface area contributed by atoms with Crippen LogP contribution in [0, 0.1) is 5.82 Å². The molecule has 0 aliphatic rings. The van der Waals surface area contributed by atoms with Gasteiger partial charge in [-0.1, -0.05) is 37.3 Å². The number of imidazole rings is 1. The fraction of sp³-hybridized carbons (Fsp3) is 0.148. The Morgan fingerprint density at radius 3 is 2.53 bits per heavy atom. The molecule has 7 heteroatoms. The van der Waals surface area contributed by atoms with Gasteiger partial charge in [-0.2, -0.15) is 0 Å². The highest BCUT2D eigenvalue weighted by molar-refractivity contribution is 5.80. The summed E-state index contributed by atoms with van der Waals surface area (Å²) in [6.07, 6.45) is 4.46. The number of halogens is 1. The largest absolute Gasteiger partial charge is 0.392 e. The molecule has 2 aromatic carbocycles. The number of pyridine rings is 1. The van der Waals surface area contributed by atoms with E-state index in [2.05, 4.69) is 29.4 Å². The number of rotatable bonds is 7. The molecule has 34 heavy (non-hydrogen) atoms. The smallest absolute Gasteiger partial charge is 0.223 e. The van der Waals surface area contributed by atoms with Gasteiger partial charge >= 0.3 is 0 Å². The Morgan fingerprint density at radius 2 is 1.79 bits per heavy atom. The molecule has 3 heterocycles. The van der Waals surface area contributed by atoms with Crippen LogP contribution in [0.5, 0.6) is 0 Å². The first-order chi connectivity index (χ1) is 16.7. The number of aliphatic hydroxyl groups excluding tert-OH is 1. The Bertz CT molecular complexity index is 1420. The molecular formula is C27H24FN5O. The lowest BCUT2D eigenvalue weighted by Gasteiger charge is -2.17. The van der Waals surface area contributed by atoms with Crippen LogP contribution in [0.3, 0.4) is 0 Å². The molecular weight excluding hydrogens is 429 g/mol. The van der Waals surface area contributed by atoms with Crippen molar-refractivity contribution in [2.75, 3.05) is 5.32 Å². The standard InChI is InChI=1S/C27H24FN5O/c1-2-22(19-6-4-3-5-7-19)30-27-29-14-12-23(31-27)26-25(20-8-10-21(28)11-9-20)32-24-16-18(17-34)13-15-33(24)26/h3-16,22,34H,2,17H2,1H3,(H,29,30,31). The van der Waals surface area contributed by atoms with Crippen LogP contribution in [-0.4, -0.2) is 24.5 Å². The van der Waals surface area contributed by atoms with Crippen molar-refractivity contribution in [1.29, 1.82) is 0 Å². The van der Waals surface area contributed by atoms with Crippen LogP contribution in [0.4, 0.5) is 10.3 Å². The van der Waals surface area contributed by atoms with Crippen molar-refractivity contribution in [1.82, 2.24) is 19.4 Å². The van der Waals surface area contributed by atoms with E-state index in [9.17, 15) is 9.50 Å². The summed E-state index contributed by atoms with van der Waals surface area (Å²) in [6, 6.07) is 22.0. The van der Waals surface area contributed by atoms with Gasteiger partial charge in [0.25, 0.3) is 0 Å². The Hall–Kier alpha value is -4.10. The summed E-state index contributed by atoms with van der Waals surface area (Å²) in [5.74, 6) is 0.205.